The number of hydrogen-bond acceptors (Lipinski definition) is 4. The third kappa shape index (κ3) is 3.56. The van der Waals surface area contributed by atoms with E-state index < -0.39 is 5.41 Å². The maximum atomic E-state index is 13.2. The van der Waals surface area contributed by atoms with E-state index in [-0.39, 0.29) is 5.91 Å². The van der Waals surface area contributed by atoms with Crippen LogP contribution >= 0.6 is 0 Å². The molecule has 5 heteroatoms. The van der Waals surface area contributed by atoms with E-state index in [4.69, 9.17) is 10.00 Å². The van der Waals surface area contributed by atoms with Gasteiger partial charge in [0.2, 0.25) is 5.91 Å². The Balaban J connectivity index is 1.74. The van der Waals surface area contributed by atoms with Crippen LogP contribution in [0.15, 0.2) is 24.3 Å². The summed E-state index contributed by atoms with van der Waals surface area (Å²) in [7, 11) is 0. The van der Waals surface area contributed by atoms with Gasteiger partial charge >= 0.3 is 0 Å². The maximum absolute atomic E-state index is 13.2. The first-order valence-corrected chi connectivity index (χ1v) is 9.05. The van der Waals surface area contributed by atoms with Crippen LogP contribution in [0.4, 0.5) is 0 Å². The zero-order valence-corrected chi connectivity index (χ0v) is 15.4. The van der Waals surface area contributed by atoms with Crippen LogP contribution in [0.3, 0.4) is 0 Å². The molecule has 0 spiro atoms. The summed E-state index contributed by atoms with van der Waals surface area (Å²) < 4.78 is 5.45. The van der Waals surface area contributed by atoms with Crippen molar-refractivity contribution in [2.24, 2.45) is 5.92 Å². The molecule has 0 radical (unpaired) electrons. The van der Waals surface area contributed by atoms with Crippen molar-refractivity contribution >= 4 is 5.91 Å². The lowest BCUT2D eigenvalue weighted by Gasteiger charge is -2.34. The van der Waals surface area contributed by atoms with Crippen LogP contribution in [0.5, 0.6) is 0 Å². The molecule has 5 nitrogen and oxygen atoms in total. The van der Waals surface area contributed by atoms with Crippen LogP contribution < -0.4 is 0 Å². The molecule has 0 unspecified atom stereocenters. The molecule has 2 fully saturated rings. The average molecular weight is 341 g/mol. The maximum Gasteiger partial charge on any atom is 0.232 e. The molecule has 3 rings (SSSR count). The molecular weight excluding hydrogens is 314 g/mol. The van der Waals surface area contributed by atoms with Gasteiger partial charge in [0.15, 0.2) is 0 Å². The van der Waals surface area contributed by atoms with Crippen molar-refractivity contribution in [3.63, 3.8) is 0 Å². The van der Waals surface area contributed by atoms with E-state index in [0.717, 1.165) is 45.0 Å². The first kappa shape index (κ1) is 17.9. The third-order valence-corrected chi connectivity index (χ3v) is 5.62. The lowest BCUT2D eigenvalue weighted by atomic mass is 9.82. The van der Waals surface area contributed by atoms with Crippen LogP contribution in [0, 0.1) is 17.2 Å². The number of morpholine rings is 1. The Morgan fingerprint density at radius 1 is 1.28 bits per heavy atom. The second-order valence-corrected chi connectivity index (χ2v) is 7.72. The van der Waals surface area contributed by atoms with E-state index in [1.54, 1.807) is 6.07 Å². The predicted octanol–water partition coefficient (Wildman–Crippen LogP) is 2.01. The van der Waals surface area contributed by atoms with Crippen molar-refractivity contribution in [3.8, 4) is 6.07 Å². The Morgan fingerprint density at radius 2 is 2.00 bits per heavy atom. The molecule has 0 aliphatic carbocycles. The van der Waals surface area contributed by atoms with Crippen molar-refractivity contribution < 1.29 is 9.53 Å². The van der Waals surface area contributed by atoms with Crippen molar-refractivity contribution in [1.29, 1.82) is 5.26 Å². The summed E-state index contributed by atoms with van der Waals surface area (Å²) in [5.41, 5.74) is 0.866. The van der Waals surface area contributed by atoms with Crippen LogP contribution in [0.2, 0.25) is 0 Å². The zero-order valence-electron chi connectivity index (χ0n) is 15.4. The van der Waals surface area contributed by atoms with Gasteiger partial charge < -0.3 is 9.64 Å². The average Bonchev–Trinajstić information content (AvgIpc) is 3.03. The van der Waals surface area contributed by atoms with Crippen molar-refractivity contribution in [2.75, 3.05) is 39.4 Å². The second-order valence-electron chi connectivity index (χ2n) is 7.72. The molecule has 2 saturated heterocycles. The van der Waals surface area contributed by atoms with E-state index in [1.165, 1.54) is 0 Å². The number of carbonyl (C=O) groups excluding carboxylic acids is 1. The first-order valence-electron chi connectivity index (χ1n) is 9.05. The van der Waals surface area contributed by atoms with Crippen molar-refractivity contribution in [2.45, 2.75) is 32.2 Å². The van der Waals surface area contributed by atoms with Gasteiger partial charge in [-0.3, -0.25) is 9.69 Å². The minimum absolute atomic E-state index is 0.144. The first-order chi connectivity index (χ1) is 11.9. The summed E-state index contributed by atoms with van der Waals surface area (Å²) >= 11 is 0. The SMILES string of the molecule is C[C@@H]1CN(C(=O)C(C)(C)c2cccc(C#N)c2)C[C@H]1N1CCOCC1. The van der Waals surface area contributed by atoms with Gasteiger partial charge in [0.25, 0.3) is 0 Å². The summed E-state index contributed by atoms with van der Waals surface area (Å²) in [5, 5.41) is 9.13. The Bertz CT molecular complexity index is 674. The lowest BCUT2D eigenvalue weighted by molar-refractivity contribution is -0.135. The van der Waals surface area contributed by atoms with Crippen LogP contribution in [-0.2, 0) is 14.9 Å². The quantitative estimate of drug-likeness (QED) is 0.844. The molecule has 2 heterocycles. The molecule has 1 aromatic carbocycles. The molecule has 0 saturated carbocycles. The molecule has 2 aliphatic rings. The summed E-state index contributed by atoms with van der Waals surface area (Å²) in [5.74, 6) is 0.605. The Labute approximate surface area is 150 Å². The van der Waals surface area contributed by atoms with Gasteiger partial charge in [0, 0.05) is 32.2 Å². The van der Waals surface area contributed by atoms with Gasteiger partial charge in [-0.25, -0.2) is 0 Å². The fourth-order valence-corrected chi connectivity index (χ4v) is 4.00. The number of likely N-dealkylation sites (tertiary alicyclic amines) is 1. The van der Waals surface area contributed by atoms with Crippen molar-refractivity contribution in [3.05, 3.63) is 35.4 Å². The number of ether oxygens (including phenoxy) is 1. The topological polar surface area (TPSA) is 56.6 Å². The van der Waals surface area contributed by atoms with Crippen LogP contribution in [0.1, 0.15) is 31.9 Å². The monoisotopic (exact) mass is 341 g/mol. The molecule has 1 amide bonds. The summed E-state index contributed by atoms with van der Waals surface area (Å²) in [6.07, 6.45) is 0. The summed E-state index contributed by atoms with van der Waals surface area (Å²) in [6, 6.07) is 9.97. The predicted molar refractivity (Wildman–Crippen MR) is 96.1 cm³/mol. The smallest absolute Gasteiger partial charge is 0.232 e. The minimum atomic E-state index is -0.632. The number of nitriles is 1. The van der Waals surface area contributed by atoms with Gasteiger partial charge in [-0.2, -0.15) is 5.26 Å². The Hall–Kier alpha value is -1.90. The van der Waals surface area contributed by atoms with E-state index in [1.807, 2.05) is 36.9 Å². The number of rotatable bonds is 3. The largest absolute Gasteiger partial charge is 0.379 e. The van der Waals surface area contributed by atoms with E-state index >= 15 is 0 Å². The van der Waals surface area contributed by atoms with Gasteiger partial charge in [0.05, 0.1) is 30.3 Å². The van der Waals surface area contributed by atoms with Gasteiger partial charge in [-0.05, 0) is 37.5 Å². The molecule has 0 bridgehead atoms. The zero-order chi connectivity index (χ0) is 18.0. The van der Waals surface area contributed by atoms with Gasteiger partial charge in [-0.15, -0.1) is 0 Å². The summed E-state index contributed by atoms with van der Waals surface area (Å²) in [6.45, 7) is 11.2. The number of carbonyl (C=O) groups is 1. The highest BCUT2D eigenvalue weighted by molar-refractivity contribution is 5.87. The fourth-order valence-electron chi connectivity index (χ4n) is 4.00. The number of hydrogen-bond donors (Lipinski definition) is 0. The summed E-state index contributed by atoms with van der Waals surface area (Å²) in [4.78, 5) is 17.7. The highest BCUT2D eigenvalue weighted by Gasteiger charge is 2.41. The molecule has 134 valence electrons. The van der Waals surface area contributed by atoms with Gasteiger partial charge in [-0.1, -0.05) is 19.1 Å². The van der Waals surface area contributed by atoms with E-state index in [0.29, 0.717) is 17.5 Å². The van der Waals surface area contributed by atoms with Crippen LogP contribution in [-0.4, -0.2) is 61.1 Å². The van der Waals surface area contributed by atoms with Crippen LogP contribution in [0.25, 0.3) is 0 Å². The number of amides is 1. The molecular formula is C20H27N3O2. The molecule has 2 aliphatic heterocycles. The van der Waals surface area contributed by atoms with Gasteiger partial charge in [0.1, 0.15) is 0 Å². The standard InChI is InChI=1S/C20H27N3O2/c1-15-13-23(14-18(15)22-7-9-25-10-8-22)19(24)20(2,3)17-6-4-5-16(11-17)12-21/h4-6,11,15,18H,7-10,13-14H2,1-3H3/t15-,18-/m1/s1. The molecule has 25 heavy (non-hydrogen) atoms. The van der Waals surface area contributed by atoms with E-state index in [2.05, 4.69) is 17.9 Å². The Kier molecular flexibility index (Phi) is 5.12. The second kappa shape index (κ2) is 7.15. The number of benzene rings is 1. The highest BCUT2D eigenvalue weighted by Crippen LogP contribution is 2.31. The fraction of sp³-hybridized carbons (Fsp3) is 0.600. The molecule has 1 aromatic rings. The minimum Gasteiger partial charge on any atom is -0.379 e. The highest BCUT2D eigenvalue weighted by atomic mass is 16.5. The lowest BCUT2D eigenvalue weighted by Crippen LogP contribution is -2.48. The van der Waals surface area contributed by atoms with E-state index in [9.17, 15) is 4.79 Å². The molecule has 0 N–H and O–H groups in total. The molecule has 2 atom stereocenters. The normalized spacial score (nSPS) is 25.0. The third-order valence-electron chi connectivity index (χ3n) is 5.62. The Morgan fingerprint density at radius 3 is 2.68 bits per heavy atom. The van der Waals surface area contributed by atoms with Crippen molar-refractivity contribution in [1.82, 2.24) is 9.80 Å². The molecule has 0 aromatic heterocycles. The number of nitrogens with zero attached hydrogens (tertiary/aromatic N) is 3.